The maximum Gasteiger partial charge on any atom is 0.417 e. The van der Waals surface area contributed by atoms with Crippen molar-refractivity contribution in [1.82, 2.24) is 23.7 Å². The highest BCUT2D eigenvalue weighted by Gasteiger charge is 2.32. The van der Waals surface area contributed by atoms with Gasteiger partial charge in [-0.1, -0.05) is 43.5 Å². The molecule has 11 heteroatoms. The number of benzene rings is 1. The van der Waals surface area contributed by atoms with Crippen LogP contribution in [0.15, 0.2) is 46.1 Å². The fourth-order valence-electron chi connectivity index (χ4n) is 3.66. The molecular weight excluding hydrogens is 447 g/mol. The van der Waals surface area contributed by atoms with Crippen molar-refractivity contribution < 1.29 is 13.2 Å². The Balaban J connectivity index is 1.92. The molecule has 0 spiro atoms. The maximum absolute atomic E-state index is 13.2. The predicted octanol–water partition coefficient (Wildman–Crippen LogP) is 4.12. The number of hydrogen-bond acceptors (Lipinski definition) is 4. The van der Waals surface area contributed by atoms with Crippen molar-refractivity contribution in [3.8, 4) is 0 Å². The highest BCUT2D eigenvalue weighted by Crippen LogP contribution is 2.29. The molecule has 1 aromatic carbocycles. The SMILES string of the molecule is CCCCCn1c(=O)c2ccccc2n2c(Cn3cc(C(F)(F)F)cc(Cl)c3=O)nnc12. The molecule has 3 heterocycles. The van der Waals surface area contributed by atoms with Gasteiger partial charge in [-0.25, -0.2) is 0 Å². The minimum Gasteiger partial charge on any atom is -0.306 e. The average Bonchev–Trinajstić information content (AvgIpc) is 3.16. The number of alkyl halides is 3. The van der Waals surface area contributed by atoms with Crippen molar-refractivity contribution in [2.75, 3.05) is 0 Å². The number of unbranched alkanes of at least 4 members (excludes halogenated alkanes) is 2. The van der Waals surface area contributed by atoms with E-state index in [4.69, 9.17) is 11.6 Å². The summed E-state index contributed by atoms with van der Waals surface area (Å²) in [4.78, 5) is 25.5. The zero-order valence-corrected chi connectivity index (χ0v) is 17.8. The molecule has 0 fully saturated rings. The number of halogens is 4. The second-order valence-electron chi connectivity index (χ2n) is 7.44. The molecule has 168 valence electrons. The second kappa shape index (κ2) is 8.42. The van der Waals surface area contributed by atoms with Crippen molar-refractivity contribution >= 4 is 28.3 Å². The van der Waals surface area contributed by atoms with E-state index < -0.39 is 22.3 Å². The number of rotatable bonds is 6. The van der Waals surface area contributed by atoms with Gasteiger partial charge in [-0.2, -0.15) is 13.2 Å². The first kappa shape index (κ1) is 22.1. The molecule has 0 bridgehead atoms. The number of nitrogens with zero attached hydrogens (tertiary/aromatic N) is 5. The molecule has 0 radical (unpaired) electrons. The number of fused-ring (bicyclic) bond motifs is 3. The van der Waals surface area contributed by atoms with Gasteiger partial charge < -0.3 is 4.57 Å². The Morgan fingerprint density at radius 3 is 2.53 bits per heavy atom. The molecule has 0 aliphatic carbocycles. The lowest BCUT2D eigenvalue weighted by atomic mass is 10.2. The van der Waals surface area contributed by atoms with Gasteiger partial charge in [0.15, 0.2) is 5.82 Å². The van der Waals surface area contributed by atoms with Crippen LogP contribution in [0.25, 0.3) is 16.7 Å². The van der Waals surface area contributed by atoms with Gasteiger partial charge in [0.05, 0.1) is 23.0 Å². The van der Waals surface area contributed by atoms with E-state index in [0.29, 0.717) is 29.7 Å². The molecule has 0 unspecified atom stereocenters. The number of para-hydroxylation sites is 1. The van der Waals surface area contributed by atoms with E-state index in [1.165, 1.54) is 4.57 Å². The summed E-state index contributed by atoms with van der Waals surface area (Å²) in [6.45, 7) is 2.17. The van der Waals surface area contributed by atoms with Crippen LogP contribution in [0.4, 0.5) is 13.2 Å². The molecule has 0 saturated carbocycles. The van der Waals surface area contributed by atoms with E-state index in [0.717, 1.165) is 23.8 Å². The lowest BCUT2D eigenvalue weighted by Gasteiger charge is -2.13. The molecule has 0 saturated heterocycles. The molecule has 4 aromatic rings. The average molecular weight is 466 g/mol. The highest BCUT2D eigenvalue weighted by atomic mass is 35.5. The summed E-state index contributed by atoms with van der Waals surface area (Å²) in [5.41, 5.74) is -1.54. The highest BCUT2D eigenvalue weighted by molar-refractivity contribution is 6.30. The van der Waals surface area contributed by atoms with E-state index in [2.05, 4.69) is 10.2 Å². The normalized spacial score (nSPS) is 12.2. The summed E-state index contributed by atoms with van der Waals surface area (Å²) in [5, 5.41) is 8.11. The number of hydrogen-bond donors (Lipinski definition) is 0. The van der Waals surface area contributed by atoms with Crippen molar-refractivity contribution in [3.05, 3.63) is 73.6 Å². The summed E-state index contributed by atoms with van der Waals surface area (Å²) in [7, 11) is 0. The second-order valence-corrected chi connectivity index (χ2v) is 7.85. The van der Waals surface area contributed by atoms with Gasteiger partial charge in [-0.15, -0.1) is 10.2 Å². The van der Waals surface area contributed by atoms with Gasteiger partial charge in [0.25, 0.3) is 11.1 Å². The third-order valence-electron chi connectivity index (χ3n) is 5.24. The molecule has 0 aliphatic heterocycles. The smallest absolute Gasteiger partial charge is 0.306 e. The Morgan fingerprint density at radius 2 is 1.81 bits per heavy atom. The summed E-state index contributed by atoms with van der Waals surface area (Å²) < 4.78 is 43.6. The van der Waals surface area contributed by atoms with Crippen LogP contribution in [0.5, 0.6) is 0 Å². The van der Waals surface area contributed by atoms with Crippen LogP contribution in [0.2, 0.25) is 5.02 Å². The van der Waals surface area contributed by atoms with Gasteiger partial charge >= 0.3 is 6.18 Å². The first-order valence-corrected chi connectivity index (χ1v) is 10.4. The molecule has 7 nitrogen and oxygen atoms in total. The Labute approximate surface area is 184 Å². The lowest BCUT2D eigenvalue weighted by Crippen LogP contribution is -2.26. The van der Waals surface area contributed by atoms with Crippen LogP contribution in [0.3, 0.4) is 0 Å². The van der Waals surface area contributed by atoms with Crippen LogP contribution < -0.4 is 11.1 Å². The number of aromatic nitrogens is 5. The predicted molar refractivity (Wildman–Crippen MR) is 114 cm³/mol. The fraction of sp³-hybridized carbons (Fsp3) is 0.333. The van der Waals surface area contributed by atoms with E-state index in [9.17, 15) is 22.8 Å². The van der Waals surface area contributed by atoms with Crippen molar-refractivity contribution in [3.63, 3.8) is 0 Å². The third-order valence-corrected chi connectivity index (χ3v) is 5.51. The first-order valence-electron chi connectivity index (χ1n) is 10.0. The largest absolute Gasteiger partial charge is 0.417 e. The van der Waals surface area contributed by atoms with Gasteiger partial charge in [0.2, 0.25) is 5.78 Å². The third kappa shape index (κ3) is 3.90. The molecule has 3 aromatic heterocycles. The maximum atomic E-state index is 13.2. The van der Waals surface area contributed by atoms with E-state index in [1.807, 2.05) is 6.92 Å². The van der Waals surface area contributed by atoms with E-state index in [-0.39, 0.29) is 23.7 Å². The Kier molecular flexibility index (Phi) is 5.81. The Morgan fingerprint density at radius 1 is 1.06 bits per heavy atom. The quantitative estimate of drug-likeness (QED) is 0.401. The van der Waals surface area contributed by atoms with E-state index in [1.54, 1.807) is 28.7 Å². The van der Waals surface area contributed by atoms with Crippen molar-refractivity contribution in [2.24, 2.45) is 0 Å². The molecule has 4 rings (SSSR count). The van der Waals surface area contributed by atoms with Crippen molar-refractivity contribution in [1.29, 1.82) is 0 Å². The summed E-state index contributed by atoms with van der Waals surface area (Å²) in [6, 6.07) is 7.44. The number of pyridine rings is 1. The van der Waals surface area contributed by atoms with Crippen LogP contribution in [-0.2, 0) is 19.3 Å². The zero-order chi connectivity index (χ0) is 23.0. The van der Waals surface area contributed by atoms with Gasteiger partial charge in [-0.3, -0.25) is 18.6 Å². The first-order chi connectivity index (χ1) is 15.2. The minimum atomic E-state index is -4.67. The molecule has 0 atom stereocenters. The number of aryl methyl sites for hydroxylation is 1. The fourth-order valence-corrected chi connectivity index (χ4v) is 3.89. The molecule has 0 aliphatic rings. The standard InChI is InChI=1S/C21H19ClF3N5O2/c1-2-3-6-9-29-18(31)14-7-4-5-8-16(14)30-17(26-27-20(29)30)12-28-11-13(21(23,24)25)10-15(22)19(28)32/h4-5,7-8,10-11H,2-3,6,9,12H2,1H3. The van der Waals surface area contributed by atoms with Gasteiger partial charge in [0.1, 0.15) is 5.02 Å². The minimum absolute atomic E-state index is 0.206. The zero-order valence-electron chi connectivity index (χ0n) is 17.1. The van der Waals surface area contributed by atoms with Crippen molar-refractivity contribution in [2.45, 2.75) is 45.5 Å². The summed E-state index contributed by atoms with van der Waals surface area (Å²) in [6.07, 6.45) is -1.32. The molecule has 0 N–H and O–H groups in total. The molecule has 32 heavy (non-hydrogen) atoms. The lowest BCUT2D eigenvalue weighted by molar-refractivity contribution is -0.138. The van der Waals surface area contributed by atoms with Crippen LogP contribution in [0.1, 0.15) is 37.6 Å². The molecule has 0 amide bonds. The molecular formula is C21H19ClF3N5O2. The summed E-state index contributed by atoms with van der Waals surface area (Å²) >= 11 is 5.77. The monoisotopic (exact) mass is 465 g/mol. The summed E-state index contributed by atoms with van der Waals surface area (Å²) in [5.74, 6) is 0.476. The topological polar surface area (TPSA) is 74.2 Å². The van der Waals surface area contributed by atoms with Gasteiger partial charge in [-0.05, 0) is 24.6 Å². The van der Waals surface area contributed by atoms with E-state index >= 15 is 0 Å². The van der Waals surface area contributed by atoms with Crippen LogP contribution in [-0.4, -0.2) is 23.7 Å². The van der Waals surface area contributed by atoms with Crippen LogP contribution >= 0.6 is 11.6 Å². The van der Waals surface area contributed by atoms with Gasteiger partial charge in [0, 0.05) is 12.7 Å². The van der Waals surface area contributed by atoms with Crippen LogP contribution in [0, 0.1) is 0 Å². The Hall–Kier alpha value is -3.14. The Bertz CT molecular complexity index is 1420.